The number of aliphatic hydroxyl groups is 1. The Bertz CT molecular complexity index is 418. The van der Waals surface area contributed by atoms with E-state index in [1.165, 1.54) is 30.4 Å². The Balaban J connectivity index is 2.00. The smallest absolute Gasteiger partial charge is 0.0611 e. The van der Waals surface area contributed by atoms with E-state index in [9.17, 15) is 5.11 Å². The molecule has 2 nitrogen and oxygen atoms in total. The molecule has 0 saturated heterocycles. The van der Waals surface area contributed by atoms with E-state index >= 15 is 0 Å². The number of aliphatic hydroxyl groups excluding tert-OH is 1. The molecular weight excluding hydrogens is 246 g/mol. The van der Waals surface area contributed by atoms with Gasteiger partial charge < -0.3 is 10.8 Å². The summed E-state index contributed by atoms with van der Waals surface area (Å²) in [4.78, 5) is 0. The van der Waals surface area contributed by atoms with Gasteiger partial charge in [-0.1, -0.05) is 56.9 Å². The van der Waals surface area contributed by atoms with Gasteiger partial charge in [0.2, 0.25) is 0 Å². The Morgan fingerprint density at radius 2 is 1.95 bits per heavy atom. The maximum atomic E-state index is 10.7. The van der Waals surface area contributed by atoms with Crippen molar-refractivity contribution in [3.63, 3.8) is 0 Å². The molecule has 0 heterocycles. The van der Waals surface area contributed by atoms with E-state index in [1.807, 2.05) is 0 Å². The van der Waals surface area contributed by atoms with E-state index in [0.717, 1.165) is 32.1 Å². The third-order valence-electron chi connectivity index (χ3n) is 5.00. The highest BCUT2D eigenvalue weighted by molar-refractivity contribution is 5.31. The molecular formula is C18H29NO. The highest BCUT2D eigenvalue weighted by Gasteiger charge is 2.39. The van der Waals surface area contributed by atoms with Gasteiger partial charge in [0.25, 0.3) is 0 Å². The standard InChI is InChI=1S/C18H29NO/c1-2-3-4-5-10-17(20)18(14-19)12-11-15-8-6-7-9-16(15)13-18/h6-9,17,20H,2-5,10-14,19H2,1H3. The van der Waals surface area contributed by atoms with Gasteiger partial charge in [-0.15, -0.1) is 0 Å². The number of nitrogens with two attached hydrogens (primary N) is 1. The molecule has 2 atom stereocenters. The first-order valence-electron chi connectivity index (χ1n) is 8.17. The van der Waals surface area contributed by atoms with Crippen molar-refractivity contribution in [3.05, 3.63) is 35.4 Å². The van der Waals surface area contributed by atoms with E-state index in [1.54, 1.807) is 0 Å². The molecule has 0 amide bonds. The van der Waals surface area contributed by atoms with Crippen molar-refractivity contribution >= 4 is 0 Å². The molecule has 0 aromatic heterocycles. The second-order valence-corrected chi connectivity index (χ2v) is 6.38. The summed E-state index contributed by atoms with van der Waals surface area (Å²) >= 11 is 0. The fourth-order valence-corrected chi connectivity index (χ4v) is 3.49. The van der Waals surface area contributed by atoms with Crippen molar-refractivity contribution in [1.29, 1.82) is 0 Å². The second kappa shape index (κ2) is 7.24. The Morgan fingerprint density at radius 1 is 1.20 bits per heavy atom. The first-order valence-corrected chi connectivity index (χ1v) is 8.17. The van der Waals surface area contributed by atoms with Gasteiger partial charge in [0, 0.05) is 12.0 Å². The molecule has 1 aliphatic carbocycles. The molecule has 1 aromatic carbocycles. The summed E-state index contributed by atoms with van der Waals surface area (Å²) in [5.41, 5.74) is 8.80. The van der Waals surface area contributed by atoms with E-state index in [2.05, 4.69) is 31.2 Å². The van der Waals surface area contributed by atoms with Crippen molar-refractivity contribution in [3.8, 4) is 0 Å². The van der Waals surface area contributed by atoms with E-state index in [0.29, 0.717) is 6.54 Å². The molecule has 0 bridgehead atoms. The van der Waals surface area contributed by atoms with Crippen LogP contribution in [0.4, 0.5) is 0 Å². The molecule has 112 valence electrons. The monoisotopic (exact) mass is 275 g/mol. The number of unbranched alkanes of at least 4 members (excludes halogenated alkanes) is 3. The van der Waals surface area contributed by atoms with Gasteiger partial charge in [0.15, 0.2) is 0 Å². The topological polar surface area (TPSA) is 46.2 Å². The van der Waals surface area contributed by atoms with Crippen LogP contribution in [0.3, 0.4) is 0 Å². The van der Waals surface area contributed by atoms with Crippen LogP contribution in [0.15, 0.2) is 24.3 Å². The largest absolute Gasteiger partial charge is 0.392 e. The summed E-state index contributed by atoms with van der Waals surface area (Å²) in [5, 5.41) is 10.7. The molecule has 2 heteroatoms. The Labute approximate surface area is 123 Å². The Kier molecular flexibility index (Phi) is 5.62. The van der Waals surface area contributed by atoms with Gasteiger partial charge >= 0.3 is 0 Å². The minimum absolute atomic E-state index is 0.0967. The fourth-order valence-electron chi connectivity index (χ4n) is 3.49. The quantitative estimate of drug-likeness (QED) is 0.749. The minimum atomic E-state index is -0.252. The summed E-state index contributed by atoms with van der Waals surface area (Å²) in [6.45, 7) is 2.81. The molecule has 1 aromatic rings. The van der Waals surface area contributed by atoms with Crippen molar-refractivity contribution in [2.24, 2.45) is 11.1 Å². The van der Waals surface area contributed by atoms with Gasteiger partial charge in [0.05, 0.1) is 6.10 Å². The Hall–Kier alpha value is -0.860. The molecule has 3 N–H and O–H groups in total. The maximum absolute atomic E-state index is 10.7. The third kappa shape index (κ3) is 3.42. The summed E-state index contributed by atoms with van der Waals surface area (Å²) in [6.07, 6.45) is 8.53. The molecule has 2 rings (SSSR count). The number of hydrogen-bond donors (Lipinski definition) is 2. The van der Waals surface area contributed by atoms with Gasteiger partial charge in [0.1, 0.15) is 0 Å². The molecule has 0 fully saturated rings. The Morgan fingerprint density at radius 3 is 2.65 bits per heavy atom. The van der Waals surface area contributed by atoms with Crippen LogP contribution in [0.25, 0.3) is 0 Å². The van der Waals surface area contributed by atoms with Crippen LogP contribution in [-0.4, -0.2) is 17.8 Å². The highest BCUT2D eigenvalue weighted by atomic mass is 16.3. The summed E-state index contributed by atoms with van der Waals surface area (Å²) < 4.78 is 0. The maximum Gasteiger partial charge on any atom is 0.0611 e. The molecule has 0 spiro atoms. The first-order chi connectivity index (χ1) is 9.72. The predicted octanol–water partition coefficient (Wildman–Crippen LogP) is 3.45. The lowest BCUT2D eigenvalue weighted by Gasteiger charge is -2.41. The van der Waals surface area contributed by atoms with Crippen molar-refractivity contribution < 1.29 is 5.11 Å². The normalized spacial score (nSPS) is 23.4. The van der Waals surface area contributed by atoms with E-state index in [-0.39, 0.29) is 11.5 Å². The lowest BCUT2D eigenvalue weighted by atomic mass is 9.67. The number of aryl methyl sites for hydroxylation is 1. The van der Waals surface area contributed by atoms with Crippen LogP contribution >= 0.6 is 0 Å². The van der Waals surface area contributed by atoms with Crippen LogP contribution in [0.5, 0.6) is 0 Å². The van der Waals surface area contributed by atoms with Crippen LogP contribution in [-0.2, 0) is 12.8 Å². The average Bonchev–Trinajstić information content (AvgIpc) is 2.50. The van der Waals surface area contributed by atoms with Crippen molar-refractivity contribution in [2.45, 2.75) is 64.4 Å². The molecule has 0 saturated carbocycles. The second-order valence-electron chi connectivity index (χ2n) is 6.38. The van der Waals surface area contributed by atoms with Crippen LogP contribution in [0, 0.1) is 5.41 Å². The highest BCUT2D eigenvalue weighted by Crippen LogP contribution is 2.39. The average molecular weight is 275 g/mol. The third-order valence-corrected chi connectivity index (χ3v) is 5.00. The zero-order valence-corrected chi connectivity index (χ0v) is 12.8. The minimum Gasteiger partial charge on any atom is -0.392 e. The number of rotatable bonds is 7. The number of fused-ring (bicyclic) bond motifs is 1. The van der Waals surface area contributed by atoms with Crippen LogP contribution in [0.1, 0.15) is 56.6 Å². The van der Waals surface area contributed by atoms with Crippen LogP contribution < -0.4 is 5.73 Å². The molecule has 2 unspecified atom stereocenters. The lowest BCUT2D eigenvalue weighted by molar-refractivity contribution is 0.0116. The SMILES string of the molecule is CCCCCCC(O)C1(CN)CCc2ccccc2C1. The van der Waals surface area contributed by atoms with Gasteiger partial charge in [-0.05, 0) is 36.8 Å². The van der Waals surface area contributed by atoms with E-state index < -0.39 is 0 Å². The fraction of sp³-hybridized carbons (Fsp3) is 0.667. The molecule has 0 aliphatic heterocycles. The number of hydrogen-bond acceptors (Lipinski definition) is 2. The first kappa shape index (κ1) is 15.5. The van der Waals surface area contributed by atoms with Crippen molar-refractivity contribution in [2.75, 3.05) is 6.54 Å². The summed E-state index contributed by atoms with van der Waals surface area (Å²) in [6, 6.07) is 8.61. The predicted molar refractivity (Wildman–Crippen MR) is 84.7 cm³/mol. The van der Waals surface area contributed by atoms with Gasteiger partial charge in [-0.3, -0.25) is 0 Å². The lowest BCUT2D eigenvalue weighted by Crippen LogP contribution is -2.46. The van der Waals surface area contributed by atoms with Gasteiger partial charge in [-0.2, -0.15) is 0 Å². The van der Waals surface area contributed by atoms with E-state index in [4.69, 9.17) is 5.73 Å². The zero-order valence-electron chi connectivity index (χ0n) is 12.8. The molecule has 1 aliphatic rings. The number of benzene rings is 1. The van der Waals surface area contributed by atoms with Crippen molar-refractivity contribution in [1.82, 2.24) is 0 Å². The molecule has 20 heavy (non-hydrogen) atoms. The zero-order chi connectivity index (χ0) is 14.4. The summed E-state index contributed by atoms with van der Waals surface area (Å²) in [7, 11) is 0. The van der Waals surface area contributed by atoms with Crippen LogP contribution in [0.2, 0.25) is 0 Å². The summed E-state index contributed by atoms with van der Waals surface area (Å²) in [5.74, 6) is 0. The van der Waals surface area contributed by atoms with Gasteiger partial charge in [-0.25, -0.2) is 0 Å². The molecule has 0 radical (unpaired) electrons.